The van der Waals surface area contributed by atoms with Gasteiger partial charge in [-0.05, 0) is 17.7 Å². The largest absolute Gasteiger partial charge is 0.465 e. The van der Waals surface area contributed by atoms with Crippen molar-refractivity contribution in [3.05, 3.63) is 29.8 Å². The molecule has 4 N–H and O–H groups in total. The van der Waals surface area contributed by atoms with E-state index in [0.717, 1.165) is 0 Å². The number of carbonyl (C=O) groups excluding carboxylic acids is 1. The van der Waals surface area contributed by atoms with Crippen LogP contribution in [0.15, 0.2) is 29.2 Å². The van der Waals surface area contributed by atoms with Crippen molar-refractivity contribution in [3.63, 3.8) is 0 Å². The zero-order valence-corrected chi connectivity index (χ0v) is 13.1. The van der Waals surface area contributed by atoms with E-state index in [9.17, 15) is 18.0 Å². The lowest BCUT2D eigenvalue weighted by atomic mass is 10.1. The Hall–Kier alpha value is -2.29. The van der Waals surface area contributed by atoms with Gasteiger partial charge in [-0.25, -0.2) is 18.0 Å². The summed E-state index contributed by atoms with van der Waals surface area (Å²) in [5.74, 6) is -0.0125. The molecular formula is C13H19N3O5S. The molecule has 22 heavy (non-hydrogen) atoms. The second-order valence-corrected chi connectivity index (χ2v) is 6.71. The predicted octanol–water partition coefficient (Wildman–Crippen LogP) is 0.718. The molecule has 0 saturated heterocycles. The minimum Gasteiger partial charge on any atom is -0.465 e. The second-order valence-electron chi connectivity index (χ2n) is 4.43. The third-order valence-electron chi connectivity index (χ3n) is 3.01. The highest BCUT2D eigenvalue weighted by Crippen LogP contribution is 2.17. The lowest BCUT2D eigenvalue weighted by Gasteiger charge is -2.18. The third kappa shape index (κ3) is 4.92. The standard InChI is InChI=1S/C13H19N3O5S/c1-3-22(20,21)10-6-4-9(5-7-10)11(16-13(18)19)8-15-12(17)14-2/h4-7,11,16H,3,8H2,1-2H3,(H,18,19)(H2,14,15,17). The highest BCUT2D eigenvalue weighted by atomic mass is 32.2. The summed E-state index contributed by atoms with van der Waals surface area (Å²) >= 11 is 0. The van der Waals surface area contributed by atoms with E-state index in [1.165, 1.54) is 31.3 Å². The summed E-state index contributed by atoms with van der Waals surface area (Å²) < 4.78 is 23.5. The molecule has 1 aromatic rings. The number of sulfone groups is 1. The van der Waals surface area contributed by atoms with E-state index in [4.69, 9.17) is 5.11 Å². The summed E-state index contributed by atoms with van der Waals surface area (Å²) in [6, 6.07) is 4.76. The average molecular weight is 329 g/mol. The zero-order valence-electron chi connectivity index (χ0n) is 12.3. The molecule has 0 bridgehead atoms. The molecule has 0 spiro atoms. The van der Waals surface area contributed by atoms with Gasteiger partial charge in [-0.2, -0.15) is 0 Å². The Morgan fingerprint density at radius 2 is 1.82 bits per heavy atom. The quantitative estimate of drug-likeness (QED) is 0.612. The van der Waals surface area contributed by atoms with Crippen molar-refractivity contribution in [1.82, 2.24) is 16.0 Å². The van der Waals surface area contributed by atoms with Crippen LogP contribution < -0.4 is 16.0 Å². The first-order valence-electron chi connectivity index (χ1n) is 6.58. The van der Waals surface area contributed by atoms with Crippen molar-refractivity contribution in [2.75, 3.05) is 19.3 Å². The van der Waals surface area contributed by atoms with Crippen molar-refractivity contribution >= 4 is 22.0 Å². The number of hydrogen-bond acceptors (Lipinski definition) is 4. The smallest absolute Gasteiger partial charge is 0.405 e. The molecule has 8 nitrogen and oxygen atoms in total. The monoisotopic (exact) mass is 329 g/mol. The fourth-order valence-corrected chi connectivity index (χ4v) is 2.64. The number of amides is 3. The van der Waals surface area contributed by atoms with Crippen LogP contribution in [0, 0.1) is 0 Å². The summed E-state index contributed by atoms with van der Waals surface area (Å²) in [5.41, 5.74) is 0.550. The minimum absolute atomic E-state index is 0.0125. The molecule has 0 heterocycles. The van der Waals surface area contributed by atoms with Gasteiger partial charge in [-0.15, -0.1) is 0 Å². The molecule has 1 unspecified atom stereocenters. The molecule has 0 fully saturated rings. The molecule has 1 atom stereocenters. The Kier molecular flexibility index (Phi) is 6.17. The molecule has 0 aliphatic carbocycles. The molecule has 0 aliphatic heterocycles. The first-order chi connectivity index (χ1) is 10.3. The van der Waals surface area contributed by atoms with E-state index in [1.54, 1.807) is 6.92 Å². The summed E-state index contributed by atoms with van der Waals surface area (Å²) in [6.07, 6.45) is -1.24. The van der Waals surface area contributed by atoms with Crippen molar-refractivity contribution in [1.29, 1.82) is 0 Å². The molecule has 0 radical (unpaired) electrons. The van der Waals surface area contributed by atoms with Gasteiger partial charge in [0.15, 0.2) is 9.84 Å². The fraction of sp³-hybridized carbons (Fsp3) is 0.385. The fourth-order valence-electron chi connectivity index (χ4n) is 1.76. The van der Waals surface area contributed by atoms with Crippen LogP contribution in [0.4, 0.5) is 9.59 Å². The molecule has 0 saturated carbocycles. The maximum atomic E-state index is 11.7. The average Bonchev–Trinajstić information content (AvgIpc) is 2.50. The Morgan fingerprint density at radius 1 is 1.23 bits per heavy atom. The highest BCUT2D eigenvalue weighted by molar-refractivity contribution is 7.91. The molecular weight excluding hydrogens is 310 g/mol. The maximum Gasteiger partial charge on any atom is 0.405 e. The number of benzene rings is 1. The number of hydrogen-bond donors (Lipinski definition) is 4. The van der Waals surface area contributed by atoms with Crippen LogP contribution >= 0.6 is 0 Å². The first kappa shape index (κ1) is 17.8. The van der Waals surface area contributed by atoms with Crippen LogP contribution in [-0.2, 0) is 9.84 Å². The zero-order chi connectivity index (χ0) is 16.8. The van der Waals surface area contributed by atoms with Crippen molar-refractivity contribution in [2.45, 2.75) is 17.9 Å². The van der Waals surface area contributed by atoms with Crippen LogP contribution in [0.25, 0.3) is 0 Å². The Morgan fingerprint density at radius 3 is 2.27 bits per heavy atom. The van der Waals surface area contributed by atoms with E-state index >= 15 is 0 Å². The second kappa shape index (κ2) is 7.64. The molecule has 1 rings (SSSR count). The summed E-state index contributed by atoms with van der Waals surface area (Å²) in [4.78, 5) is 22.2. The van der Waals surface area contributed by atoms with E-state index < -0.39 is 28.0 Å². The van der Waals surface area contributed by atoms with Gasteiger partial charge in [0.2, 0.25) is 0 Å². The van der Waals surface area contributed by atoms with Crippen molar-refractivity contribution < 1.29 is 23.1 Å². The minimum atomic E-state index is -3.31. The van der Waals surface area contributed by atoms with Gasteiger partial charge in [-0.3, -0.25) is 0 Å². The highest BCUT2D eigenvalue weighted by Gasteiger charge is 2.17. The molecule has 122 valence electrons. The van der Waals surface area contributed by atoms with Gasteiger partial charge in [0.05, 0.1) is 16.7 Å². The molecule has 0 aromatic heterocycles. The predicted molar refractivity (Wildman–Crippen MR) is 80.5 cm³/mol. The molecule has 9 heteroatoms. The Bertz CT molecular complexity index is 628. The number of nitrogens with one attached hydrogen (secondary N) is 3. The number of urea groups is 1. The van der Waals surface area contributed by atoms with E-state index in [1.807, 2.05) is 0 Å². The maximum absolute atomic E-state index is 11.7. The van der Waals surface area contributed by atoms with Crippen molar-refractivity contribution in [3.8, 4) is 0 Å². The lowest BCUT2D eigenvalue weighted by molar-refractivity contribution is 0.189. The van der Waals surface area contributed by atoms with E-state index in [2.05, 4.69) is 16.0 Å². The van der Waals surface area contributed by atoms with E-state index in [-0.39, 0.29) is 17.2 Å². The normalized spacial score (nSPS) is 12.3. The number of carboxylic acid groups (broad SMARTS) is 1. The summed E-state index contributed by atoms with van der Waals surface area (Å²) in [7, 11) is -1.87. The molecule has 3 amide bonds. The summed E-state index contributed by atoms with van der Waals surface area (Å²) in [5, 5.41) is 16.0. The van der Waals surface area contributed by atoms with Crippen molar-refractivity contribution in [2.24, 2.45) is 0 Å². The lowest BCUT2D eigenvalue weighted by Crippen LogP contribution is -2.40. The molecule has 1 aromatic carbocycles. The van der Waals surface area contributed by atoms with Crippen LogP contribution in [0.1, 0.15) is 18.5 Å². The Labute approximate surface area is 128 Å². The number of carbonyl (C=O) groups is 2. The van der Waals surface area contributed by atoms with Gasteiger partial charge in [0.1, 0.15) is 0 Å². The first-order valence-corrected chi connectivity index (χ1v) is 8.23. The van der Waals surface area contributed by atoms with Crippen LogP contribution in [0.2, 0.25) is 0 Å². The third-order valence-corrected chi connectivity index (χ3v) is 4.76. The van der Waals surface area contributed by atoms with Gasteiger partial charge < -0.3 is 21.1 Å². The van der Waals surface area contributed by atoms with Gasteiger partial charge in [-0.1, -0.05) is 19.1 Å². The molecule has 0 aliphatic rings. The SMILES string of the molecule is CCS(=O)(=O)c1ccc(C(CNC(=O)NC)NC(=O)O)cc1. The summed E-state index contributed by atoms with van der Waals surface area (Å²) in [6.45, 7) is 1.58. The van der Waals surface area contributed by atoms with Crippen LogP contribution in [-0.4, -0.2) is 45.0 Å². The Balaban J connectivity index is 2.94. The van der Waals surface area contributed by atoms with Gasteiger partial charge in [0.25, 0.3) is 0 Å². The number of rotatable bonds is 6. The van der Waals surface area contributed by atoms with Crippen LogP contribution in [0.3, 0.4) is 0 Å². The van der Waals surface area contributed by atoms with Gasteiger partial charge >= 0.3 is 12.1 Å². The topological polar surface area (TPSA) is 125 Å². The van der Waals surface area contributed by atoms with Crippen LogP contribution in [0.5, 0.6) is 0 Å². The van der Waals surface area contributed by atoms with E-state index in [0.29, 0.717) is 5.56 Å². The van der Waals surface area contributed by atoms with Gasteiger partial charge in [0, 0.05) is 13.6 Å².